The first kappa shape index (κ1) is 16.6. The molecule has 2 aromatic rings. The molecular formula is C17H19NO5. The Labute approximate surface area is 134 Å². The number of carbonyl (C=O) groups is 2. The number of rotatable bonds is 7. The first-order valence-corrected chi connectivity index (χ1v) is 7.34. The van der Waals surface area contributed by atoms with E-state index in [0.29, 0.717) is 17.9 Å². The molecule has 0 aliphatic rings. The number of hydrogen-bond acceptors (Lipinski definition) is 4. The third-order valence-corrected chi connectivity index (χ3v) is 3.18. The van der Waals surface area contributed by atoms with Crippen molar-refractivity contribution < 1.29 is 23.8 Å². The SMILES string of the molecule is CCCOc1ccc(NC(=O)c2c(C)coc2CC(=O)O)cc1. The van der Waals surface area contributed by atoms with Crippen LogP contribution in [0.1, 0.15) is 35.0 Å². The highest BCUT2D eigenvalue weighted by atomic mass is 16.5. The number of aryl methyl sites for hydroxylation is 1. The summed E-state index contributed by atoms with van der Waals surface area (Å²) < 4.78 is 10.6. The molecule has 23 heavy (non-hydrogen) atoms. The van der Waals surface area contributed by atoms with Crippen LogP contribution in [-0.2, 0) is 11.2 Å². The van der Waals surface area contributed by atoms with Gasteiger partial charge < -0.3 is 19.6 Å². The molecule has 1 heterocycles. The van der Waals surface area contributed by atoms with Gasteiger partial charge in [-0.2, -0.15) is 0 Å². The van der Waals surface area contributed by atoms with E-state index in [-0.39, 0.29) is 17.7 Å². The Balaban J connectivity index is 2.10. The van der Waals surface area contributed by atoms with Crippen LogP contribution in [0.3, 0.4) is 0 Å². The molecule has 0 bridgehead atoms. The van der Waals surface area contributed by atoms with Crippen LogP contribution in [0.2, 0.25) is 0 Å². The first-order chi connectivity index (χ1) is 11.0. The van der Waals surface area contributed by atoms with Crippen LogP contribution in [0.25, 0.3) is 0 Å². The summed E-state index contributed by atoms with van der Waals surface area (Å²) in [5.41, 5.74) is 1.46. The number of carboxylic acids is 1. The smallest absolute Gasteiger partial charge is 0.311 e. The molecule has 1 amide bonds. The Bertz CT molecular complexity index is 688. The van der Waals surface area contributed by atoms with E-state index in [1.165, 1.54) is 6.26 Å². The van der Waals surface area contributed by atoms with Crippen LogP contribution in [0, 0.1) is 6.92 Å². The molecule has 0 saturated heterocycles. The van der Waals surface area contributed by atoms with E-state index in [2.05, 4.69) is 5.32 Å². The Morgan fingerprint density at radius 2 is 1.96 bits per heavy atom. The highest BCUT2D eigenvalue weighted by molar-refractivity contribution is 6.06. The lowest BCUT2D eigenvalue weighted by atomic mass is 10.1. The largest absolute Gasteiger partial charge is 0.494 e. The fourth-order valence-electron chi connectivity index (χ4n) is 2.12. The normalized spacial score (nSPS) is 10.3. The number of ether oxygens (including phenoxy) is 1. The summed E-state index contributed by atoms with van der Waals surface area (Å²) in [6, 6.07) is 7.00. The average molecular weight is 317 g/mol. The summed E-state index contributed by atoms with van der Waals surface area (Å²) >= 11 is 0. The molecule has 2 rings (SSSR count). The van der Waals surface area contributed by atoms with Crippen LogP contribution in [-0.4, -0.2) is 23.6 Å². The Kier molecular flexibility index (Phi) is 5.41. The minimum absolute atomic E-state index is 0.149. The monoisotopic (exact) mass is 317 g/mol. The van der Waals surface area contributed by atoms with Crippen LogP contribution in [0.5, 0.6) is 5.75 Å². The molecule has 0 fully saturated rings. The second-order valence-electron chi connectivity index (χ2n) is 5.11. The number of carbonyl (C=O) groups excluding carboxylic acids is 1. The van der Waals surface area contributed by atoms with Crippen LogP contribution < -0.4 is 10.1 Å². The van der Waals surface area contributed by atoms with Gasteiger partial charge in [0, 0.05) is 11.3 Å². The van der Waals surface area contributed by atoms with Crippen LogP contribution in [0.15, 0.2) is 34.9 Å². The molecular weight excluding hydrogens is 298 g/mol. The molecule has 0 aliphatic heterocycles. The number of anilines is 1. The van der Waals surface area contributed by atoms with Crippen molar-refractivity contribution in [2.75, 3.05) is 11.9 Å². The van der Waals surface area contributed by atoms with Crippen molar-refractivity contribution >= 4 is 17.6 Å². The lowest BCUT2D eigenvalue weighted by Crippen LogP contribution is -2.15. The molecule has 6 heteroatoms. The lowest BCUT2D eigenvalue weighted by Gasteiger charge is -2.08. The summed E-state index contributed by atoms with van der Waals surface area (Å²) in [4.78, 5) is 23.2. The van der Waals surface area contributed by atoms with Crippen molar-refractivity contribution in [1.29, 1.82) is 0 Å². The third-order valence-electron chi connectivity index (χ3n) is 3.18. The minimum atomic E-state index is -1.05. The van der Waals surface area contributed by atoms with Gasteiger partial charge in [0.2, 0.25) is 0 Å². The topological polar surface area (TPSA) is 88.8 Å². The average Bonchev–Trinajstić information content (AvgIpc) is 2.86. The maximum absolute atomic E-state index is 12.4. The molecule has 0 spiro atoms. The summed E-state index contributed by atoms with van der Waals surface area (Å²) in [5.74, 6) is -0.563. The third kappa shape index (κ3) is 4.35. The van der Waals surface area contributed by atoms with E-state index < -0.39 is 11.9 Å². The van der Waals surface area contributed by atoms with Gasteiger partial charge >= 0.3 is 5.97 Å². The molecule has 0 atom stereocenters. The first-order valence-electron chi connectivity index (χ1n) is 7.34. The van der Waals surface area contributed by atoms with Crippen molar-refractivity contribution in [2.24, 2.45) is 0 Å². The summed E-state index contributed by atoms with van der Waals surface area (Å²) in [6.45, 7) is 4.36. The zero-order valence-electron chi connectivity index (χ0n) is 13.1. The number of benzene rings is 1. The van der Waals surface area contributed by atoms with E-state index in [1.54, 1.807) is 31.2 Å². The lowest BCUT2D eigenvalue weighted by molar-refractivity contribution is -0.136. The highest BCUT2D eigenvalue weighted by Crippen LogP contribution is 2.21. The molecule has 1 aromatic carbocycles. The Hall–Kier alpha value is -2.76. The van der Waals surface area contributed by atoms with Crippen LogP contribution in [0.4, 0.5) is 5.69 Å². The van der Waals surface area contributed by atoms with Gasteiger partial charge in [-0.1, -0.05) is 6.92 Å². The van der Waals surface area contributed by atoms with Crippen molar-refractivity contribution in [1.82, 2.24) is 0 Å². The molecule has 6 nitrogen and oxygen atoms in total. The maximum atomic E-state index is 12.4. The molecule has 122 valence electrons. The molecule has 0 aliphatic carbocycles. The van der Waals surface area contributed by atoms with Gasteiger partial charge in [-0.3, -0.25) is 9.59 Å². The number of nitrogens with one attached hydrogen (secondary N) is 1. The summed E-state index contributed by atoms with van der Waals surface area (Å²) in [6.07, 6.45) is 1.97. The zero-order valence-corrected chi connectivity index (χ0v) is 13.1. The van der Waals surface area contributed by atoms with Gasteiger partial charge in [0.15, 0.2) is 0 Å². The zero-order chi connectivity index (χ0) is 16.8. The van der Waals surface area contributed by atoms with Crippen LogP contribution >= 0.6 is 0 Å². The van der Waals surface area contributed by atoms with E-state index in [9.17, 15) is 9.59 Å². The second kappa shape index (κ2) is 7.49. The molecule has 0 unspecified atom stereocenters. The van der Waals surface area contributed by atoms with E-state index in [0.717, 1.165) is 12.2 Å². The number of hydrogen-bond donors (Lipinski definition) is 2. The number of carboxylic acid groups (broad SMARTS) is 1. The van der Waals surface area contributed by atoms with E-state index in [1.807, 2.05) is 6.92 Å². The van der Waals surface area contributed by atoms with Gasteiger partial charge in [0.25, 0.3) is 5.91 Å². The predicted molar refractivity (Wildman–Crippen MR) is 85.0 cm³/mol. The van der Waals surface area contributed by atoms with Gasteiger partial charge in [-0.05, 0) is 37.6 Å². The maximum Gasteiger partial charge on any atom is 0.311 e. The molecule has 2 N–H and O–H groups in total. The van der Waals surface area contributed by atoms with Crippen molar-refractivity contribution in [3.8, 4) is 5.75 Å². The Morgan fingerprint density at radius 3 is 2.57 bits per heavy atom. The van der Waals surface area contributed by atoms with E-state index >= 15 is 0 Å². The van der Waals surface area contributed by atoms with Gasteiger partial charge in [-0.25, -0.2) is 0 Å². The quantitative estimate of drug-likeness (QED) is 0.818. The van der Waals surface area contributed by atoms with Gasteiger partial charge in [-0.15, -0.1) is 0 Å². The van der Waals surface area contributed by atoms with Crippen molar-refractivity contribution in [2.45, 2.75) is 26.7 Å². The van der Waals surface area contributed by atoms with E-state index in [4.69, 9.17) is 14.3 Å². The van der Waals surface area contributed by atoms with Gasteiger partial charge in [0.05, 0.1) is 18.4 Å². The highest BCUT2D eigenvalue weighted by Gasteiger charge is 2.20. The summed E-state index contributed by atoms with van der Waals surface area (Å²) in [5, 5.41) is 11.6. The van der Waals surface area contributed by atoms with Crippen molar-refractivity contribution in [3.05, 3.63) is 47.4 Å². The number of furan rings is 1. The van der Waals surface area contributed by atoms with Crippen molar-refractivity contribution in [3.63, 3.8) is 0 Å². The number of aliphatic carboxylic acids is 1. The summed E-state index contributed by atoms with van der Waals surface area (Å²) in [7, 11) is 0. The minimum Gasteiger partial charge on any atom is -0.494 e. The number of amides is 1. The second-order valence-corrected chi connectivity index (χ2v) is 5.11. The fourth-order valence-corrected chi connectivity index (χ4v) is 2.12. The standard InChI is InChI=1S/C17H19NO5/c1-3-8-22-13-6-4-12(5-7-13)18-17(21)16-11(2)10-23-14(16)9-15(19)20/h4-7,10H,3,8-9H2,1-2H3,(H,18,21)(H,19,20). The van der Waals surface area contributed by atoms with Gasteiger partial charge in [0.1, 0.15) is 17.9 Å². The molecule has 1 aromatic heterocycles. The fraction of sp³-hybridized carbons (Fsp3) is 0.294. The Morgan fingerprint density at radius 1 is 1.26 bits per heavy atom. The predicted octanol–water partition coefficient (Wildman–Crippen LogP) is 3.26. The molecule has 0 radical (unpaired) electrons. The molecule has 0 saturated carbocycles.